The summed E-state index contributed by atoms with van der Waals surface area (Å²) >= 11 is 7.25. The van der Waals surface area contributed by atoms with Gasteiger partial charge in [-0.1, -0.05) is 17.7 Å². The number of aromatic nitrogens is 1. The Kier molecular flexibility index (Phi) is 4.00. The summed E-state index contributed by atoms with van der Waals surface area (Å²) in [6, 6.07) is 7.48. The quantitative estimate of drug-likeness (QED) is 0.927. The number of thiophene rings is 1. The van der Waals surface area contributed by atoms with Gasteiger partial charge in [-0.15, -0.1) is 11.3 Å². The molecule has 6 heteroatoms. The lowest BCUT2D eigenvalue weighted by Gasteiger charge is -2.36. The van der Waals surface area contributed by atoms with Gasteiger partial charge in [-0.05, 0) is 23.8 Å². The number of nitrogens with zero attached hydrogens (tertiary/aromatic N) is 2. The SMILES string of the molecule is O=C(c1ccc(Cl)s1)N1CCNCC1c1cccnc1. The van der Waals surface area contributed by atoms with Crippen molar-refractivity contribution in [3.8, 4) is 0 Å². The van der Waals surface area contributed by atoms with E-state index >= 15 is 0 Å². The van der Waals surface area contributed by atoms with E-state index in [0.717, 1.165) is 18.7 Å². The summed E-state index contributed by atoms with van der Waals surface area (Å²) in [5, 5.41) is 3.33. The number of pyridine rings is 1. The molecule has 0 aliphatic carbocycles. The minimum atomic E-state index is 0.0193. The Labute approximate surface area is 126 Å². The normalized spacial score (nSPS) is 19.1. The Morgan fingerprint density at radius 1 is 1.45 bits per heavy atom. The molecule has 1 N–H and O–H groups in total. The molecule has 1 aliphatic heterocycles. The van der Waals surface area contributed by atoms with Crippen molar-refractivity contribution in [2.75, 3.05) is 19.6 Å². The maximum atomic E-state index is 12.6. The first-order valence-corrected chi connectivity index (χ1v) is 7.62. The molecule has 0 saturated carbocycles. The van der Waals surface area contributed by atoms with E-state index in [-0.39, 0.29) is 11.9 Å². The van der Waals surface area contributed by atoms with Crippen LogP contribution in [0.2, 0.25) is 4.34 Å². The molecule has 3 rings (SSSR count). The third kappa shape index (κ3) is 2.70. The lowest BCUT2D eigenvalue weighted by molar-refractivity contribution is 0.0639. The van der Waals surface area contributed by atoms with Crippen molar-refractivity contribution in [1.82, 2.24) is 15.2 Å². The fourth-order valence-electron chi connectivity index (χ4n) is 2.39. The highest BCUT2D eigenvalue weighted by Crippen LogP contribution is 2.27. The van der Waals surface area contributed by atoms with Crippen LogP contribution < -0.4 is 5.32 Å². The predicted octanol–water partition coefficient (Wildman–Crippen LogP) is 2.58. The fourth-order valence-corrected chi connectivity index (χ4v) is 3.39. The Morgan fingerprint density at radius 3 is 3.05 bits per heavy atom. The molecule has 1 unspecified atom stereocenters. The molecular formula is C14H14ClN3OS. The number of hydrogen-bond donors (Lipinski definition) is 1. The van der Waals surface area contributed by atoms with E-state index in [4.69, 9.17) is 11.6 Å². The van der Waals surface area contributed by atoms with E-state index in [1.54, 1.807) is 18.3 Å². The third-order valence-electron chi connectivity index (χ3n) is 3.36. The standard InChI is InChI=1S/C14H14ClN3OS/c15-13-4-3-12(20-13)14(19)18-7-6-17-9-11(18)10-2-1-5-16-8-10/h1-5,8,11,17H,6-7,9H2. The summed E-state index contributed by atoms with van der Waals surface area (Å²) in [5.41, 5.74) is 1.05. The zero-order chi connectivity index (χ0) is 13.9. The van der Waals surface area contributed by atoms with Crippen molar-refractivity contribution in [2.45, 2.75) is 6.04 Å². The second-order valence-corrected chi connectivity index (χ2v) is 6.32. The van der Waals surface area contributed by atoms with Crippen LogP contribution in [-0.2, 0) is 0 Å². The largest absolute Gasteiger partial charge is 0.328 e. The van der Waals surface area contributed by atoms with E-state index in [1.807, 2.05) is 23.2 Å². The van der Waals surface area contributed by atoms with Gasteiger partial charge in [0.1, 0.15) is 0 Å². The van der Waals surface area contributed by atoms with E-state index < -0.39 is 0 Å². The van der Waals surface area contributed by atoms with Crippen LogP contribution in [-0.4, -0.2) is 35.4 Å². The molecule has 104 valence electrons. The van der Waals surface area contributed by atoms with Crippen LogP contribution in [0.25, 0.3) is 0 Å². The molecule has 1 saturated heterocycles. The molecule has 0 aromatic carbocycles. The maximum absolute atomic E-state index is 12.6. The fraction of sp³-hybridized carbons (Fsp3) is 0.286. The van der Waals surface area contributed by atoms with E-state index in [1.165, 1.54) is 11.3 Å². The second kappa shape index (κ2) is 5.91. The molecule has 4 nitrogen and oxygen atoms in total. The summed E-state index contributed by atoms with van der Waals surface area (Å²) < 4.78 is 0.640. The molecular weight excluding hydrogens is 294 g/mol. The number of rotatable bonds is 2. The molecule has 20 heavy (non-hydrogen) atoms. The van der Waals surface area contributed by atoms with Gasteiger partial charge >= 0.3 is 0 Å². The van der Waals surface area contributed by atoms with Crippen molar-refractivity contribution in [3.05, 3.63) is 51.4 Å². The highest BCUT2D eigenvalue weighted by Gasteiger charge is 2.29. The molecule has 0 bridgehead atoms. The van der Waals surface area contributed by atoms with Gasteiger partial charge in [0, 0.05) is 32.0 Å². The van der Waals surface area contributed by atoms with Gasteiger partial charge in [0.25, 0.3) is 5.91 Å². The average molecular weight is 308 g/mol. The first kappa shape index (κ1) is 13.5. The van der Waals surface area contributed by atoms with E-state index in [2.05, 4.69) is 10.3 Å². The van der Waals surface area contributed by atoms with Crippen molar-refractivity contribution in [2.24, 2.45) is 0 Å². The molecule has 0 spiro atoms. The van der Waals surface area contributed by atoms with Crippen LogP contribution in [0.3, 0.4) is 0 Å². The Hall–Kier alpha value is -1.43. The zero-order valence-corrected chi connectivity index (χ0v) is 12.3. The highest BCUT2D eigenvalue weighted by atomic mass is 35.5. The van der Waals surface area contributed by atoms with Gasteiger partial charge in [0.15, 0.2) is 0 Å². The van der Waals surface area contributed by atoms with Crippen LogP contribution >= 0.6 is 22.9 Å². The van der Waals surface area contributed by atoms with Gasteiger partial charge < -0.3 is 10.2 Å². The molecule has 1 amide bonds. The molecule has 2 aromatic rings. The summed E-state index contributed by atoms with van der Waals surface area (Å²) in [6.07, 6.45) is 3.56. The highest BCUT2D eigenvalue weighted by molar-refractivity contribution is 7.17. The minimum absolute atomic E-state index is 0.0193. The number of carbonyl (C=O) groups is 1. The molecule has 3 heterocycles. The maximum Gasteiger partial charge on any atom is 0.264 e. The van der Waals surface area contributed by atoms with Crippen molar-refractivity contribution < 1.29 is 4.79 Å². The Balaban J connectivity index is 1.87. The van der Waals surface area contributed by atoms with Gasteiger partial charge in [-0.3, -0.25) is 9.78 Å². The van der Waals surface area contributed by atoms with Crippen LogP contribution in [0.4, 0.5) is 0 Å². The van der Waals surface area contributed by atoms with Gasteiger partial charge in [0.05, 0.1) is 15.3 Å². The predicted molar refractivity (Wildman–Crippen MR) is 80.2 cm³/mol. The Morgan fingerprint density at radius 2 is 2.35 bits per heavy atom. The van der Waals surface area contributed by atoms with Crippen LogP contribution in [0, 0.1) is 0 Å². The summed E-state index contributed by atoms with van der Waals surface area (Å²) in [5.74, 6) is 0.0391. The van der Waals surface area contributed by atoms with Crippen molar-refractivity contribution >= 4 is 28.8 Å². The zero-order valence-electron chi connectivity index (χ0n) is 10.8. The lowest BCUT2D eigenvalue weighted by Crippen LogP contribution is -2.48. The molecule has 1 fully saturated rings. The van der Waals surface area contributed by atoms with Crippen LogP contribution in [0.1, 0.15) is 21.3 Å². The number of nitrogens with one attached hydrogen (secondary N) is 1. The van der Waals surface area contributed by atoms with Crippen molar-refractivity contribution in [3.63, 3.8) is 0 Å². The summed E-state index contributed by atoms with van der Waals surface area (Å²) in [4.78, 5) is 19.4. The Bertz CT molecular complexity index is 601. The number of amides is 1. The van der Waals surface area contributed by atoms with Gasteiger partial charge in [-0.25, -0.2) is 0 Å². The molecule has 0 radical (unpaired) electrons. The third-order valence-corrected chi connectivity index (χ3v) is 4.58. The van der Waals surface area contributed by atoms with Crippen molar-refractivity contribution in [1.29, 1.82) is 0 Å². The second-order valence-electron chi connectivity index (χ2n) is 4.61. The minimum Gasteiger partial charge on any atom is -0.328 e. The first-order chi connectivity index (χ1) is 9.75. The number of carbonyl (C=O) groups excluding carboxylic acids is 1. The van der Waals surface area contributed by atoms with E-state index in [0.29, 0.717) is 15.8 Å². The summed E-state index contributed by atoms with van der Waals surface area (Å²) in [7, 11) is 0. The molecule has 2 aromatic heterocycles. The monoisotopic (exact) mass is 307 g/mol. The number of halogens is 1. The number of piperazine rings is 1. The number of hydrogen-bond acceptors (Lipinski definition) is 4. The topological polar surface area (TPSA) is 45.2 Å². The smallest absolute Gasteiger partial charge is 0.264 e. The molecule has 1 aliphatic rings. The van der Waals surface area contributed by atoms with Crippen LogP contribution in [0.5, 0.6) is 0 Å². The van der Waals surface area contributed by atoms with Gasteiger partial charge in [0.2, 0.25) is 0 Å². The van der Waals surface area contributed by atoms with Gasteiger partial charge in [-0.2, -0.15) is 0 Å². The van der Waals surface area contributed by atoms with E-state index in [9.17, 15) is 4.79 Å². The average Bonchev–Trinajstić information content (AvgIpc) is 2.94. The molecule has 1 atom stereocenters. The summed E-state index contributed by atoms with van der Waals surface area (Å²) in [6.45, 7) is 2.24. The lowest BCUT2D eigenvalue weighted by atomic mass is 10.1. The first-order valence-electron chi connectivity index (χ1n) is 6.42. The van der Waals surface area contributed by atoms with Crippen LogP contribution in [0.15, 0.2) is 36.7 Å².